The highest BCUT2D eigenvalue weighted by Crippen LogP contribution is 2.17. The zero-order valence-corrected chi connectivity index (χ0v) is 16.6. The number of halogens is 1. The Morgan fingerprint density at radius 3 is 2.37 bits per heavy atom. The number of benzene rings is 2. The first kappa shape index (κ1) is 20.8. The third-order valence-electron chi connectivity index (χ3n) is 4.29. The fraction of sp³-hybridized carbons (Fsp3) is 0.333. The van der Waals surface area contributed by atoms with Gasteiger partial charge in [0.2, 0.25) is 0 Å². The van der Waals surface area contributed by atoms with Crippen LogP contribution < -0.4 is 10.2 Å². The molecule has 0 heterocycles. The summed E-state index contributed by atoms with van der Waals surface area (Å²) in [5.74, 6) is -0.887. The molecule has 1 N–H and O–H groups in total. The zero-order chi connectivity index (χ0) is 19.8. The van der Waals surface area contributed by atoms with E-state index in [0.717, 1.165) is 24.3 Å². The number of amides is 1. The lowest BCUT2D eigenvalue weighted by Gasteiger charge is -2.21. The van der Waals surface area contributed by atoms with E-state index in [1.54, 1.807) is 24.3 Å². The van der Waals surface area contributed by atoms with Gasteiger partial charge in [-0.1, -0.05) is 23.7 Å². The summed E-state index contributed by atoms with van der Waals surface area (Å²) in [6, 6.07) is 14.2. The molecule has 0 bridgehead atoms. The first-order chi connectivity index (χ1) is 12.9. The van der Waals surface area contributed by atoms with E-state index in [2.05, 4.69) is 24.1 Å². The van der Waals surface area contributed by atoms with Crippen molar-refractivity contribution in [2.45, 2.75) is 26.8 Å². The maximum absolute atomic E-state index is 12.1. The summed E-state index contributed by atoms with van der Waals surface area (Å²) in [4.78, 5) is 26.4. The van der Waals surface area contributed by atoms with E-state index < -0.39 is 5.97 Å². The van der Waals surface area contributed by atoms with E-state index in [9.17, 15) is 9.59 Å². The van der Waals surface area contributed by atoms with Crippen LogP contribution >= 0.6 is 11.6 Å². The molecule has 0 aliphatic carbocycles. The maximum Gasteiger partial charge on any atom is 0.338 e. The summed E-state index contributed by atoms with van der Waals surface area (Å²) in [5.41, 5.74) is 2.35. The summed E-state index contributed by atoms with van der Waals surface area (Å²) >= 11 is 5.96. The Morgan fingerprint density at radius 1 is 1.11 bits per heavy atom. The molecular formula is C21H25ClN2O3. The summed E-state index contributed by atoms with van der Waals surface area (Å²) in [6.07, 6.45) is 0. The molecule has 0 fully saturated rings. The van der Waals surface area contributed by atoms with E-state index >= 15 is 0 Å². The quantitative estimate of drug-likeness (QED) is 0.688. The molecule has 1 atom stereocenters. The molecule has 0 aliphatic heterocycles. The molecular weight excluding hydrogens is 364 g/mol. The van der Waals surface area contributed by atoms with Crippen molar-refractivity contribution < 1.29 is 14.3 Å². The molecule has 0 unspecified atom stereocenters. The lowest BCUT2D eigenvalue weighted by Crippen LogP contribution is -2.31. The van der Waals surface area contributed by atoms with E-state index in [-0.39, 0.29) is 18.6 Å². The third kappa shape index (κ3) is 6.00. The summed E-state index contributed by atoms with van der Waals surface area (Å²) in [6.45, 7) is 7.46. The van der Waals surface area contributed by atoms with Crippen LogP contribution in [-0.2, 0) is 9.53 Å². The van der Waals surface area contributed by atoms with Gasteiger partial charge in [-0.25, -0.2) is 4.79 Å². The Labute approximate surface area is 165 Å². The first-order valence-electron chi connectivity index (χ1n) is 9.01. The molecule has 0 spiro atoms. The van der Waals surface area contributed by atoms with Crippen molar-refractivity contribution in [1.29, 1.82) is 0 Å². The lowest BCUT2D eigenvalue weighted by atomic mass is 10.1. The summed E-state index contributed by atoms with van der Waals surface area (Å²) < 4.78 is 5.11. The van der Waals surface area contributed by atoms with Gasteiger partial charge in [0.15, 0.2) is 6.61 Å². The molecule has 27 heavy (non-hydrogen) atoms. The van der Waals surface area contributed by atoms with E-state index in [1.165, 1.54) is 0 Å². The molecule has 1 amide bonds. The molecule has 2 rings (SSSR count). The molecule has 0 aliphatic rings. The van der Waals surface area contributed by atoms with Crippen LogP contribution in [-0.4, -0.2) is 31.6 Å². The Kier molecular flexibility index (Phi) is 7.67. The number of ether oxygens (including phenoxy) is 1. The van der Waals surface area contributed by atoms with Crippen molar-refractivity contribution >= 4 is 29.2 Å². The number of nitrogens with zero attached hydrogens (tertiary/aromatic N) is 1. The van der Waals surface area contributed by atoms with Gasteiger partial charge in [0.1, 0.15) is 0 Å². The third-order valence-corrected chi connectivity index (χ3v) is 4.53. The van der Waals surface area contributed by atoms with Crippen LogP contribution in [0.15, 0.2) is 48.5 Å². The molecule has 144 valence electrons. The number of anilines is 1. The minimum absolute atomic E-state index is 0.233. The van der Waals surface area contributed by atoms with Gasteiger partial charge >= 0.3 is 5.97 Å². The van der Waals surface area contributed by atoms with Crippen molar-refractivity contribution in [3.05, 3.63) is 64.7 Å². The van der Waals surface area contributed by atoms with Crippen molar-refractivity contribution in [3.63, 3.8) is 0 Å². The molecule has 2 aromatic carbocycles. The van der Waals surface area contributed by atoms with Gasteiger partial charge in [-0.15, -0.1) is 0 Å². The van der Waals surface area contributed by atoms with Crippen LogP contribution in [0.3, 0.4) is 0 Å². The maximum atomic E-state index is 12.1. The Hall–Kier alpha value is -2.53. The number of hydrogen-bond donors (Lipinski definition) is 1. The molecule has 0 aromatic heterocycles. The highest BCUT2D eigenvalue weighted by Gasteiger charge is 2.14. The van der Waals surface area contributed by atoms with Crippen LogP contribution in [0.4, 0.5) is 5.69 Å². The largest absolute Gasteiger partial charge is 0.452 e. The number of carbonyl (C=O) groups is 2. The van der Waals surface area contributed by atoms with Gasteiger partial charge in [0.25, 0.3) is 5.91 Å². The average molecular weight is 389 g/mol. The van der Waals surface area contributed by atoms with Crippen molar-refractivity contribution in [2.75, 3.05) is 24.6 Å². The van der Waals surface area contributed by atoms with Crippen LogP contribution in [0.5, 0.6) is 0 Å². The smallest absolute Gasteiger partial charge is 0.338 e. The second-order valence-electron chi connectivity index (χ2n) is 6.14. The summed E-state index contributed by atoms with van der Waals surface area (Å²) in [5, 5.41) is 3.39. The molecule has 2 aromatic rings. The van der Waals surface area contributed by atoms with Crippen LogP contribution in [0.1, 0.15) is 42.7 Å². The minimum atomic E-state index is -0.522. The van der Waals surface area contributed by atoms with Crippen LogP contribution in [0.2, 0.25) is 5.02 Å². The lowest BCUT2D eigenvalue weighted by molar-refractivity contribution is -0.124. The second-order valence-corrected chi connectivity index (χ2v) is 6.58. The Morgan fingerprint density at radius 2 is 1.78 bits per heavy atom. The fourth-order valence-electron chi connectivity index (χ4n) is 2.75. The number of hydrogen-bond acceptors (Lipinski definition) is 4. The fourth-order valence-corrected chi connectivity index (χ4v) is 2.95. The van der Waals surface area contributed by atoms with Gasteiger partial charge in [-0.05, 0) is 62.7 Å². The molecule has 0 saturated heterocycles. The van der Waals surface area contributed by atoms with Gasteiger partial charge in [0, 0.05) is 23.8 Å². The van der Waals surface area contributed by atoms with E-state index in [1.807, 2.05) is 31.2 Å². The standard InChI is InChI=1S/C21H25ClN2O3/c1-4-24(5-2)19-11-9-16(10-12-19)21(26)27-14-20(25)23-15(3)17-7-6-8-18(22)13-17/h6-13,15H,4-5,14H2,1-3H3,(H,23,25)/t15-/m0/s1. The van der Waals surface area contributed by atoms with Crippen molar-refractivity contribution in [1.82, 2.24) is 5.32 Å². The predicted molar refractivity (Wildman–Crippen MR) is 108 cm³/mol. The highest BCUT2D eigenvalue weighted by molar-refractivity contribution is 6.30. The number of nitrogens with one attached hydrogen (secondary N) is 1. The van der Waals surface area contributed by atoms with Crippen molar-refractivity contribution in [3.8, 4) is 0 Å². The number of rotatable bonds is 8. The van der Waals surface area contributed by atoms with Gasteiger partial charge in [0.05, 0.1) is 11.6 Å². The topological polar surface area (TPSA) is 58.6 Å². The van der Waals surface area contributed by atoms with E-state index in [4.69, 9.17) is 16.3 Å². The van der Waals surface area contributed by atoms with Crippen LogP contribution in [0.25, 0.3) is 0 Å². The minimum Gasteiger partial charge on any atom is -0.452 e. The Balaban J connectivity index is 1.86. The van der Waals surface area contributed by atoms with Crippen LogP contribution in [0, 0.1) is 0 Å². The van der Waals surface area contributed by atoms with Crippen molar-refractivity contribution in [2.24, 2.45) is 0 Å². The normalized spacial score (nSPS) is 11.6. The molecule has 0 saturated carbocycles. The van der Waals surface area contributed by atoms with E-state index in [0.29, 0.717) is 10.6 Å². The Bertz CT molecular complexity index is 773. The summed E-state index contributed by atoms with van der Waals surface area (Å²) in [7, 11) is 0. The zero-order valence-electron chi connectivity index (χ0n) is 15.9. The average Bonchev–Trinajstić information content (AvgIpc) is 2.67. The SMILES string of the molecule is CCN(CC)c1ccc(C(=O)OCC(=O)N[C@@H](C)c2cccc(Cl)c2)cc1. The highest BCUT2D eigenvalue weighted by atomic mass is 35.5. The van der Waals surface area contributed by atoms with Gasteiger partial charge in [-0.2, -0.15) is 0 Å². The van der Waals surface area contributed by atoms with Gasteiger partial charge < -0.3 is 15.0 Å². The number of carbonyl (C=O) groups excluding carboxylic acids is 2. The monoisotopic (exact) mass is 388 g/mol. The predicted octanol–water partition coefficient (Wildman–Crippen LogP) is 4.22. The molecule has 5 nitrogen and oxygen atoms in total. The first-order valence-corrected chi connectivity index (χ1v) is 9.39. The second kappa shape index (κ2) is 9.97. The molecule has 0 radical (unpaired) electrons. The molecule has 6 heteroatoms. The van der Waals surface area contributed by atoms with Gasteiger partial charge in [-0.3, -0.25) is 4.79 Å². The number of esters is 1.